The van der Waals surface area contributed by atoms with Gasteiger partial charge >= 0.3 is 0 Å². The third-order valence-electron chi connectivity index (χ3n) is 3.05. The summed E-state index contributed by atoms with van der Waals surface area (Å²) in [5.74, 6) is -0.0223. The van der Waals surface area contributed by atoms with Gasteiger partial charge in [-0.15, -0.1) is 0 Å². The maximum Gasteiger partial charge on any atom is 0.244 e. The van der Waals surface area contributed by atoms with E-state index in [0.29, 0.717) is 5.69 Å². The van der Waals surface area contributed by atoms with Crippen molar-refractivity contribution in [2.45, 2.75) is 31.2 Å². The Morgan fingerprint density at radius 2 is 2.06 bits per heavy atom. The third kappa shape index (κ3) is 2.17. The predicted octanol–water partition coefficient (Wildman–Crippen LogP) is 1.60. The van der Waals surface area contributed by atoms with Gasteiger partial charge in [-0.2, -0.15) is 0 Å². The molecule has 1 aliphatic carbocycles. The fourth-order valence-corrected chi connectivity index (χ4v) is 2.07. The van der Waals surface area contributed by atoms with Crippen LogP contribution in [0.4, 0.5) is 5.69 Å². The number of nitrogens with two attached hydrogens (primary N) is 1. The third-order valence-corrected chi connectivity index (χ3v) is 3.05. The molecule has 1 aliphatic rings. The predicted molar refractivity (Wildman–Crippen MR) is 62.1 cm³/mol. The number of anilines is 1. The molecular formula is C12H16N2O2. The minimum atomic E-state index is -0.731. The summed E-state index contributed by atoms with van der Waals surface area (Å²) in [5.41, 5.74) is 5.87. The fraction of sp³-hybridized carbons (Fsp3) is 0.417. The molecule has 4 N–H and O–H groups in total. The van der Waals surface area contributed by atoms with Crippen LogP contribution in [0.1, 0.15) is 25.7 Å². The molecule has 0 bridgehead atoms. The van der Waals surface area contributed by atoms with Crippen LogP contribution in [0.5, 0.6) is 5.75 Å². The molecule has 4 nitrogen and oxygen atoms in total. The van der Waals surface area contributed by atoms with E-state index >= 15 is 0 Å². The normalized spacial score (nSPS) is 18.3. The molecule has 0 aliphatic heterocycles. The number of nitrogens with one attached hydrogen (secondary N) is 1. The van der Waals surface area contributed by atoms with Crippen molar-refractivity contribution < 1.29 is 9.90 Å². The maximum absolute atomic E-state index is 11.9. The van der Waals surface area contributed by atoms with E-state index in [9.17, 15) is 9.90 Å². The molecule has 0 saturated heterocycles. The molecule has 1 aromatic rings. The Morgan fingerprint density at radius 1 is 1.38 bits per heavy atom. The van der Waals surface area contributed by atoms with Gasteiger partial charge in [0.15, 0.2) is 0 Å². The van der Waals surface area contributed by atoms with Gasteiger partial charge in [-0.1, -0.05) is 18.9 Å². The van der Waals surface area contributed by atoms with Crippen molar-refractivity contribution in [3.05, 3.63) is 24.3 Å². The number of benzene rings is 1. The average Bonchev–Trinajstić information content (AvgIpc) is 2.66. The second-order valence-electron chi connectivity index (χ2n) is 4.37. The summed E-state index contributed by atoms with van der Waals surface area (Å²) in [6, 6.07) is 6.48. The minimum absolute atomic E-state index is 0.135. The van der Waals surface area contributed by atoms with Crippen LogP contribution in [0.15, 0.2) is 24.3 Å². The Morgan fingerprint density at radius 3 is 2.69 bits per heavy atom. The van der Waals surface area contributed by atoms with E-state index < -0.39 is 5.54 Å². The van der Waals surface area contributed by atoms with Crippen molar-refractivity contribution >= 4 is 11.6 Å². The molecule has 1 aromatic carbocycles. The van der Waals surface area contributed by atoms with E-state index in [4.69, 9.17) is 5.73 Å². The highest BCUT2D eigenvalue weighted by atomic mass is 16.3. The Kier molecular flexibility index (Phi) is 2.83. The average molecular weight is 220 g/mol. The number of amides is 1. The van der Waals surface area contributed by atoms with E-state index in [1.165, 1.54) is 6.07 Å². The summed E-state index contributed by atoms with van der Waals surface area (Å²) >= 11 is 0. The highest BCUT2D eigenvalue weighted by Crippen LogP contribution is 2.28. The molecule has 0 heterocycles. The number of rotatable bonds is 2. The summed E-state index contributed by atoms with van der Waals surface area (Å²) in [4.78, 5) is 11.9. The maximum atomic E-state index is 11.9. The van der Waals surface area contributed by atoms with Gasteiger partial charge in [-0.3, -0.25) is 4.79 Å². The largest absolute Gasteiger partial charge is 0.508 e. The first-order chi connectivity index (χ1) is 7.60. The van der Waals surface area contributed by atoms with Crippen LogP contribution in [0, 0.1) is 0 Å². The summed E-state index contributed by atoms with van der Waals surface area (Å²) in [6.45, 7) is 0. The Labute approximate surface area is 94.5 Å². The fourth-order valence-electron chi connectivity index (χ4n) is 2.07. The van der Waals surface area contributed by atoms with Crippen LogP contribution in [-0.2, 0) is 4.79 Å². The molecule has 86 valence electrons. The zero-order valence-electron chi connectivity index (χ0n) is 9.07. The second kappa shape index (κ2) is 4.14. The molecule has 0 spiro atoms. The summed E-state index contributed by atoms with van der Waals surface area (Å²) in [5, 5.41) is 12.0. The van der Waals surface area contributed by atoms with E-state index in [0.717, 1.165) is 25.7 Å². The molecule has 16 heavy (non-hydrogen) atoms. The van der Waals surface area contributed by atoms with Gasteiger partial charge < -0.3 is 16.2 Å². The highest BCUT2D eigenvalue weighted by molar-refractivity contribution is 5.98. The van der Waals surface area contributed by atoms with Crippen LogP contribution in [0.2, 0.25) is 0 Å². The summed E-state index contributed by atoms with van der Waals surface area (Å²) < 4.78 is 0. The summed E-state index contributed by atoms with van der Waals surface area (Å²) in [7, 11) is 0. The molecule has 2 rings (SSSR count). The Balaban J connectivity index is 2.07. The molecule has 1 saturated carbocycles. The standard InChI is InChI=1S/C12H16N2O2/c13-12(6-1-2-7-12)11(16)14-9-4-3-5-10(15)8-9/h3-5,8,15H,1-2,6-7,13H2,(H,14,16). The first-order valence-electron chi connectivity index (χ1n) is 5.49. The van der Waals surface area contributed by atoms with Crippen LogP contribution < -0.4 is 11.1 Å². The Bertz CT molecular complexity index is 398. The Hall–Kier alpha value is -1.55. The van der Waals surface area contributed by atoms with Crippen molar-refractivity contribution in [3.8, 4) is 5.75 Å². The number of carbonyl (C=O) groups excluding carboxylic acids is 1. The quantitative estimate of drug-likeness (QED) is 0.708. The first kappa shape index (κ1) is 11.0. The topological polar surface area (TPSA) is 75.4 Å². The van der Waals surface area contributed by atoms with Gasteiger partial charge in [-0.25, -0.2) is 0 Å². The van der Waals surface area contributed by atoms with Crippen LogP contribution >= 0.6 is 0 Å². The number of hydrogen-bond acceptors (Lipinski definition) is 3. The lowest BCUT2D eigenvalue weighted by atomic mass is 9.98. The molecule has 0 unspecified atom stereocenters. The van der Waals surface area contributed by atoms with E-state index in [-0.39, 0.29) is 11.7 Å². The number of phenolic OH excluding ortho intramolecular Hbond substituents is 1. The van der Waals surface area contributed by atoms with E-state index in [1.54, 1.807) is 18.2 Å². The van der Waals surface area contributed by atoms with Crippen LogP contribution in [-0.4, -0.2) is 16.6 Å². The molecule has 1 fully saturated rings. The molecule has 0 radical (unpaired) electrons. The second-order valence-corrected chi connectivity index (χ2v) is 4.37. The van der Waals surface area contributed by atoms with Gasteiger partial charge in [0.2, 0.25) is 5.91 Å². The van der Waals surface area contributed by atoms with Crippen molar-refractivity contribution in [1.82, 2.24) is 0 Å². The lowest BCUT2D eigenvalue weighted by Gasteiger charge is -2.22. The number of phenols is 1. The summed E-state index contributed by atoms with van der Waals surface area (Å²) in [6.07, 6.45) is 3.48. The van der Waals surface area contributed by atoms with E-state index in [1.807, 2.05) is 0 Å². The lowest BCUT2D eigenvalue weighted by Crippen LogP contribution is -2.48. The SMILES string of the molecule is NC1(C(=O)Nc2cccc(O)c2)CCCC1. The van der Waals surface area contributed by atoms with Gasteiger partial charge in [0.25, 0.3) is 0 Å². The minimum Gasteiger partial charge on any atom is -0.508 e. The zero-order chi connectivity index (χ0) is 11.6. The molecule has 4 heteroatoms. The monoisotopic (exact) mass is 220 g/mol. The molecule has 0 atom stereocenters. The number of aromatic hydroxyl groups is 1. The van der Waals surface area contributed by atoms with Crippen molar-refractivity contribution in [1.29, 1.82) is 0 Å². The van der Waals surface area contributed by atoms with Crippen molar-refractivity contribution in [2.75, 3.05) is 5.32 Å². The van der Waals surface area contributed by atoms with Gasteiger partial charge in [0, 0.05) is 11.8 Å². The van der Waals surface area contributed by atoms with Gasteiger partial charge in [-0.05, 0) is 25.0 Å². The molecule has 0 aromatic heterocycles. The highest BCUT2D eigenvalue weighted by Gasteiger charge is 2.36. The van der Waals surface area contributed by atoms with Crippen molar-refractivity contribution in [2.24, 2.45) is 5.73 Å². The van der Waals surface area contributed by atoms with Gasteiger partial charge in [0.05, 0.1) is 5.54 Å². The van der Waals surface area contributed by atoms with Crippen molar-refractivity contribution in [3.63, 3.8) is 0 Å². The molecular weight excluding hydrogens is 204 g/mol. The number of hydrogen-bond donors (Lipinski definition) is 3. The van der Waals surface area contributed by atoms with Crippen LogP contribution in [0.25, 0.3) is 0 Å². The molecule has 1 amide bonds. The first-order valence-corrected chi connectivity index (χ1v) is 5.49. The lowest BCUT2D eigenvalue weighted by molar-refractivity contribution is -0.120. The van der Waals surface area contributed by atoms with Gasteiger partial charge in [0.1, 0.15) is 5.75 Å². The van der Waals surface area contributed by atoms with E-state index in [2.05, 4.69) is 5.32 Å². The zero-order valence-corrected chi connectivity index (χ0v) is 9.07. The number of carbonyl (C=O) groups is 1. The van der Waals surface area contributed by atoms with Crippen LogP contribution in [0.3, 0.4) is 0 Å². The smallest absolute Gasteiger partial charge is 0.244 e.